The van der Waals surface area contributed by atoms with Gasteiger partial charge in [-0.1, -0.05) is 13.8 Å². The molecular weight excluding hydrogens is 269 g/mol. The van der Waals surface area contributed by atoms with Crippen LogP contribution in [0.25, 0.3) is 0 Å². The van der Waals surface area contributed by atoms with E-state index >= 15 is 0 Å². The van der Waals surface area contributed by atoms with E-state index in [9.17, 15) is 13.2 Å². The lowest BCUT2D eigenvalue weighted by Gasteiger charge is -2.32. The van der Waals surface area contributed by atoms with Crippen molar-refractivity contribution in [1.29, 1.82) is 0 Å². The lowest BCUT2D eigenvalue weighted by Crippen LogP contribution is -2.31. The molecule has 4 nitrogen and oxygen atoms in total. The number of alkyl halides is 3. The molecule has 7 heteroatoms. The summed E-state index contributed by atoms with van der Waals surface area (Å²) in [5.41, 5.74) is 4.34. The Morgan fingerprint density at radius 1 is 1.20 bits per heavy atom. The van der Waals surface area contributed by atoms with Crippen molar-refractivity contribution in [3.63, 3.8) is 0 Å². The molecule has 3 atom stereocenters. The van der Waals surface area contributed by atoms with Gasteiger partial charge >= 0.3 is 6.18 Å². The normalized spacial score (nSPS) is 27.4. The maximum atomic E-state index is 12.7. The second-order valence-electron chi connectivity index (χ2n) is 5.60. The molecule has 3 unspecified atom stereocenters. The van der Waals surface area contributed by atoms with Gasteiger partial charge in [-0.05, 0) is 31.1 Å². The summed E-state index contributed by atoms with van der Waals surface area (Å²) in [5.74, 6) is 0.980. The highest BCUT2D eigenvalue weighted by Gasteiger charge is 2.34. The minimum absolute atomic E-state index is 0.136. The fraction of sp³-hybridized carbons (Fsp3) is 0.692. The lowest BCUT2D eigenvalue weighted by atomic mass is 9.79. The Hall–Kier alpha value is -1.53. The molecule has 1 saturated carbocycles. The van der Waals surface area contributed by atoms with Crippen LogP contribution in [0.2, 0.25) is 0 Å². The molecule has 0 aliphatic heterocycles. The van der Waals surface area contributed by atoms with E-state index in [2.05, 4.69) is 29.1 Å². The highest BCUT2D eigenvalue weighted by atomic mass is 19.4. The monoisotopic (exact) mass is 288 g/mol. The van der Waals surface area contributed by atoms with Gasteiger partial charge in [0.15, 0.2) is 5.69 Å². The first-order chi connectivity index (χ1) is 9.25. The summed E-state index contributed by atoms with van der Waals surface area (Å²) >= 11 is 0. The van der Waals surface area contributed by atoms with Gasteiger partial charge in [0.05, 0.1) is 0 Å². The third-order valence-electron chi connectivity index (χ3n) is 3.98. The minimum atomic E-state index is -4.51. The quantitative estimate of drug-likeness (QED) is 0.876. The van der Waals surface area contributed by atoms with Crippen LogP contribution in [0.3, 0.4) is 0 Å². The fourth-order valence-electron chi connectivity index (χ4n) is 2.57. The van der Waals surface area contributed by atoms with E-state index in [1.54, 1.807) is 0 Å². The average molecular weight is 288 g/mol. The van der Waals surface area contributed by atoms with Crippen LogP contribution in [0.1, 0.15) is 38.8 Å². The van der Waals surface area contributed by atoms with E-state index in [0.29, 0.717) is 11.8 Å². The summed E-state index contributed by atoms with van der Waals surface area (Å²) in [5, 5.41) is 3.05. The van der Waals surface area contributed by atoms with Crippen LogP contribution in [0.15, 0.2) is 6.07 Å². The zero-order valence-corrected chi connectivity index (χ0v) is 11.5. The Balaban J connectivity index is 2.12. The first-order valence-electron chi connectivity index (χ1n) is 6.74. The number of anilines is 2. The van der Waals surface area contributed by atoms with Crippen LogP contribution in [-0.2, 0) is 6.18 Å². The Kier molecular flexibility index (Phi) is 4.06. The number of nitrogens with one attached hydrogen (secondary N) is 1. The number of nitrogen functional groups attached to an aromatic ring is 1. The largest absolute Gasteiger partial charge is 0.433 e. The minimum Gasteiger partial charge on any atom is -0.368 e. The van der Waals surface area contributed by atoms with Gasteiger partial charge in [-0.15, -0.1) is 0 Å². The number of nitrogens with two attached hydrogens (primary N) is 1. The standard InChI is InChI=1S/C13H19F3N4/c1-7-3-4-9(5-8(7)2)18-11-6-10(13(14,15)16)19-12(17)20-11/h6-9H,3-5H2,1-2H3,(H3,17,18,19,20). The molecule has 0 saturated heterocycles. The van der Waals surface area contributed by atoms with Gasteiger partial charge < -0.3 is 11.1 Å². The van der Waals surface area contributed by atoms with E-state index in [1.807, 2.05) is 0 Å². The van der Waals surface area contributed by atoms with E-state index in [1.165, 1.54) is 0 Å². The summed E-state index contributed by atoms with van der Waals surface area (Å²) in [6.45, 7) is 4.36. The molecular formula is C13H19F3N4. The zero-order chi connectivity index (χ0) is 14.9. The second kappa shape index (κ2) is 5.46. The van der Waals surface area contributed by atoms with Gasteiger partial charge in [0.1, 0.15) is 5.82 Å². The van der Waals surface area contributed by atoms with E-state index in [0.717, 1.165) is 25.3 Å². The number of aromatic nitrogens is 2. The third kappa shape index (κ3) is 3.52. The molecule has 1 aliphatic rings. The molecule has 0 spiro atoms. The van der Waals surface area contributed by atoms with E-state index in [-0.39, 0.29) is 17.8 Å². The molecule has 1 aromatic heterocycles. The topological polar surface area (TPSA) is 63.8 Å². The van der Waals surface area contributed by atoms with Gasteiger partial charge in [0, 0.05) is 12.1 Å². The van der Waals surface area contributed by atoms with Gasteiger partial charge in [0.2, 0.25) is 5.95 Å². The van der Waals surface area contributed by atoms with Crippen molar-refractivity contribution < 1.29 is 13.2 Å². The highest BCUT2D eigenvalue weighted by molar-refractivity contribution is 5.42. The number of rotatable bonds is 2. The summed E-state index contributed by atoms with van der Waals surface area (Å²) in [7, 11) is 0. The predicted molar refractivity (Wildman–Crippen MR) is 71.0 cm³/mol. The highest BCUT2D eigenvalue weighted by Crippen LogP contribution is 2.32. The predicted octanol–water partition coefficient (Wildman–Crippen LogP) is 3.31. The molecule has 1 aliphatic carbocycles. The van der Waals surface area contributed by atoms with Crippen LogP contribution < -0.4 is 11.1 Å². The average Bonchev–Trinajstić information content (AvgIpc) is 2.32. The molecule has 1 fully saturated rings. The number of hydrogen-bond acceptors (Lipinski definition) is 4. The van der Waals surface area contributed by atoms with E-state index in [4.69, 9.17) is 5.73 Å². The molecule has 0 radical (unpaired) electrons. The molecule has 0 aromatic carbocycles. The summed E-state index contributed by atoms with van der Waals surface area (Å²) in [4.78, 5) is 7.07. The van der Waals surface area contributed by atoms with Crippen molar-refractivity contribution in [2.24, 2.45) is 11.8 Å². The smallest absolute Gasteiger partial charge is 0.368 e. The molecule has 0 amide bonds. The zero-order valence-electron chi connectivity index (χ0n) is 11.5. The van der Waals surface area contributed by atoms with Crippen molar-refractivity contribution in [1.82, 2.24) is 9.97 Å². The van der Waals surface area contributed by atoms with Crippen molar-refractivity contribution in [3.8, 4) is 0 Å². The van der Waals surface area contributed by atoms with Crippen LogP contribution in [0.4, 0.5) is 24.9 Å². The van der Waals surface area contributed by atoms with Crippen molar-refractivity contribution in [2.45, 2.75) is 45.3 Å². The Labute approximate surface area is 116 Å². The Morgan fingerprint density at radius 2 is 1.90 bits per heavy atom. The number of nitrogens with zero attached hydrogens (tertiary/aromatic N) is 2. The van der Waals surface area contributed by atoms with Crippen molar-refractivity contribution in [2.75, 3.05) is 11.1 Å². The van der Waals surface area contributed by atoms with Crippen molar-refractivity contribution in [3.05, 3.63) is 11.8 Å². The van der Waals surface area contributed by atoms with Crippen LogP contribution in [-0.4, -0.2) is 16.0 Å². The fourth-order valence-corrected chi connectivity index (χ4v) is 2.57. The molecule has 112 valence electrons. The summed E-state index contributed by atoms with van der Waals surface area (Å²) in [6, 6.07) is 1.05. The number of hydrogen-bond donors (Lipinski definition) is 2. The SMILES string of the molecule is CC1CCC(Nc2cc(C(F)(F)F)nc(N)n2)CC1C. The summed E-state index contributed by atoms with van der Waals surface area (Å²) < 4.78 is 38.0. The second-order valence-corrected chi connectivity index (χ2v) is 5.60. The van der Waals surface area contributed by atoms with E-state index < -0.39 is 11.9 Å². The number of halogens is 3. The van der Waals surface area contributed by atoms with Gasteiger partial charge in [-0.25, -0.2) is 4.98 Å². The van der Waals surface area contributed by atoms with Gasteiger partial charge in [-0.3, -0.25) is 0 Å². The summed E-state index contributed by atoms with van der Waals surface area (Å²) in [6.07, 6.45) is -1.60. The maximum Gasteiger partial charge on any atom is 0.433 e. The molecule has 1 aromatic rings. The maximum absolute atomic E-state index is 12.7. The van der Waals surface area contributed by atoms with Gasteiger partial charge in [-0.2, -0.15) is 18.2 Å². The van der Waals surface area contributed by atoms with Crippen molar-refractivity contribution >= 4 is 11.8 Å². The van der Waals surface area contributed by atoms with Crippen LogP contribution in [0.5, 0.6) is 0 Å². The molecule has 0 bridgehead atoms. The Morgan fingerprint density at radius 3 is 2.50 bits per heavy atom. The van der Waals surface area contributed by atoms with Crippen LogP contribution in [0, 0.1) is 11.8 Å². The van der Waals surface area contributed by atoms with Crippen LogP contribution >= 0.6 is 0 Å². The molecule has 3 N–H and O–H groups in total. The van der Waals surface area contributed by atoms with Gasteiger partial charge in [0.25, 0.3) is 0 Å². The Bertz CT molecular complexity index is 475. The molecule has 20 heavy (non-hydrogen) atoms. The molecule has 1 heterocycles. The third-order valence-corrected chi connectivity index (χ3v) is 3.98. The first kappa shape index (κ1) is 14.9. The lowest BCUT2D eigenvalue weighted by molar-refractivity contribution is -0.141. The first-order valence-corrected chi connectivity index (χ1v) is 6.74. The molecule has 2 rings (SSSR count).